The Morgan fingerprint density at radius 1 is 1.33 bits per heavy atom. The van der Waals surface area contributed by atoms with Crippen molar-refractivity contribution in [1.82, 2.24) is 10.3 Å². The molecule has 0 spiro atoms. The van der Waals surface area contributed by atoms with Gasteiger partial charge in [0.2, 0.25) is 0 Å². The Morgan fingerprint density at radius 2 is 2.19 bits per heavy atom. The molecule has 1 saturated carbocycles. The molecule has 2 aliphatic carbocycles. The molecular formula is C19H30N2. The fourth-order valence-corrected chi connectivity index (χ4v) is 4.61. The molecule has 1 heterocycles. The van der Waals surface area contributed by atoms with Gasteiger partial charge < -0.3 is 5.32 Å². The molecule has 1 fully saturated rings. The topological polar surface area (TPSA) is 24.9 Å². The van der Waals surface area contributed by atoms with Gasteiger partial charge >= 0.3 is 0 Å². The molecule has 0 aliphatic heterocycles. The van der Waals surface area contributed by atoms with Gasteiger partial charge in [-0.15, -0.1) is 0 Å². The Hall–Kier alpha value is -0.890. The maximum atomic E-state index is 4.76. The molecule has 1 aromatic rings. The third-order valence-corrected chi connectivity index (χ3v) is 5.76. The molecule has 3 atom stereocenters. The van der Waals surface area contributed by atoms with Crippen LogP contribution in [0.25, 0.3) is 0 Å². The summed E-state index contributed by atoms with van der Waals surface area (Å²) in [6.45, 7) is 9.41. The van der Waals surface area contributed by atoms with E-state index in [1.54, 1.807) is 0 Å². The van der Waals surface area contributed by atoms with E-state index < -0.39 is 0 Å². The van der Waals surface area contributed by atoms with Gasteiger partial charge in [0.1, 0.15) is 0 Å². The van der Waals surface area contributed by atoms with E-state index in [9.17, 15) is 0 Å². The molecule has 116 valence electrons. The van der Waals surface area contributed by atoms with Gasteiger partial charge in [-0.3, -0.25) is 4.98 Å². The number of aromatic nitrogens is 1. The van der Waals surface area contributed by atoms with Crippen LogP contribution in [0.4, 0.5) is 0 Å². The van der Waals surface area contributed by atoms with E-state index in [1.807, 2.05) is 6.20 Å². The first-order chi connectivity index (χ1) is 10.1. The van der Waals surface area contributed by atoms with Crippen molar-refractivity contribution in [2.75, 3.05) is 13.1 Å². The predicted molar refractivity (Wildman–Crippen MR) is 88.5 cm³/mol. The van der Waals surface area contributed by atoms with E-state index in [-0.39, 0.29) is 0 Å². The molecule has 1 aromatic heterocycles. The number of nitrogens with zero attached hydrogens (tertiary/aromatic N) is 1. The van der Waals surface area contributed by atoms with E-state index in [1.165, 1.54) is 49.9 Å². The molecule has 2 nitrogen and oxygen atoms in total. The molecule has 0 bridgehead atoms. The number of pyridine rings is 1. The van der Waals surface area contributed by atoms with Gasteiger partial charge in [0, 0.05) is 17.8 Å². The van der Waals surface area contributed by atoms with Gasteiger partial charge in [0.05, 0.1) is 0 Å². The van der Waals surface area contributed by atoms with Crippen LogP contribution in [0.5, 0.6) is 0 Å². The number of fused-ring (bicyclic) bond motifs is 1. The lowest BCUT2D eigenvalue weighted by Crippen LogP contribution is -2.38. The maximum Gasteiger partial charge on any atom is 0.0469 e. The SMILES string of the molecule is CCNCC1CCC(C)(C)CC1C1CCc2cccnc21. The second-order valence-electron chi connectivity index (χ2n) is 7.83. The number of hydrogen-bond acceptors (Lipinski definition) is 2. The largest absolute Gasteiger partial charge is 0.317 e. The van der Waals surface area contributed by atoms with E-state index >= 15 is 0 Å². The summed E-state index contributed by atoms with van der Waals surface area (Å²) in [6, 6.07) is 4.39. The number of rotatable bonds is 4. The Morgan fingerprint density at radius 3 is 3.00 bits per heavy atom. The van der Waals surface area contributed by atoms with Crippen LogP contribution in [-0.4, -0.2) is 18.1 Å². The quantitative estimate of drug-likeness (QED) is 0.899. The fraction of sp³-hybridized carbons (Fsp3) is 0.737. The summed E-state index contributed by atoms with van der Waals surface area (Å²) in [5.41, 5.74) is 3.43. The van der Waals surface area contributed by atoms with Gasteiger partial charge in [0.25, 0.3) is 0 Å². The van der Waals surface area contributed by atoms with Gasteiger partial charge in [-0.25, -0.2) is 0 Å². The minimum Gasteiger partial charge on any atom is -0.317 e. The third kappa shape index (κ3) is 3.15. The lowest BCUT2D eigenvalue weighted by Gasteiger charge is -2.43. The highest BCUT2D eigenvalue weighted by Gasteiger charge is 2.41. The smallest absolute Gasteiger partial charge is 0.0469 e. The second-order valence-corrected chi connectivity index (χ2v) is 7.83. The van der Waals surface area contributed by atoms with Crippen molar-refractivity contribution in [3.05, 3.63) is 29.6 Å². The summed E-state index contributed by atoms with van der Waals surface area (Å²) in [5.74, 6) is 2.34. The predicted octanol–water partition coefficient (Wildman–Crippen LogP) is 4.16. The third-order valence-electron chi connectivity index (χ3n) is 5.76. The molecule has 3 rings (SSSR count). The average molecular weight is 286 g/mol. The van der Waals surface area contributed by atoms with Crippen molar-refractivity contribution in [1.29, 1.82) is 0 Å². The number of aryl methyl sites for hydroxylation is 1. The molecule has 3 unspecified atom stereocenters. The van der Waals surface area contributed by atoms with Crippen molar-refractivity contribution >= 4 is 0 Å². The summed E-state index contributed by atoms with van der Waals surface area (Å²) in [7, 11) is 0. The van der Waals surface area contributed by atoms with Gasteiger partial charge in [-0.05, 0) is 74.1 Å². The Balaban J connectivity index is 1.82. The second kappa shape index (κ2) is 6.08. The Bertz CT molecular complexity index is 480. The van der Waals surface area contributed by atoms with Crippen LogP contribution in [-0.2, 0) is 6.42 Å². The first kappa shape index (κ1) is 15.0. The zero-order valence-electron chi connectivity index (χ0n) is 13.9. The van der Waals surface area contributed by atoms with Crippen LogP contribution < -0.4 is 5.32 Å². The molecule has 21 heavy (non-hydrogen) atoms. The van der Waals surface area contributed by atoms with E-state index in [0.717, 1.165) is 18.4 Å². The Kier molecular flexibility index (Phi) is 4.35. The van der Waals surface area contributed by atoms with Crippen LogP contribution in [0.15, 0.2) is 18.3 Å². The minimum atomic E-state index is 0.505. The first-order valence-electron chi connectivity index (χ1n) is 8.75. The molecule has 0 saturated heterocycles. The molecule has 1 N–H and O–H groups in total. The van der Waals surface area contributed by atoms with Crippen molar-refractivity contribution in [3.8, 4) is 0 Å². The Labute approximate surface area is 129 Å². The molecule has 0 aromatic carbocycles. The summed E-state index contributed by atoms with van der Waals surface area (Å²) in [5, 5.41) is 3.60. The average Bonchev–Trinajstić information content (AvgIpc) is 2.89. The molecule has 2 aliphatic rings. The van der Waals surface area contributed by atoms with Crippen LogP contribution in [0, 0.1) is 17.3 Å². The fourth-order valence-electron chi connectivity index (χ4n) is 4.61. The maximum absolute atomic E-state index is 4.76. The highest BCUT2D eigenvalue weighted by Crippen LogP contribution is 2.50. The number of nitrogens with one attached hydrogen (secondary N) is 1. The summed E-state index contributed by atoms with van der Waals surface area (Å²) < 4.78 is 0. The van der Waals surface area contributed by atoms with Gasteiger partial charge in [0.15, 0.2) is 0 Å². The molecule has 0 amide bonds. The van der Waals surface area contributed by atoms with Gasteiger partial charge in [-0.2, -0.15) is 0 Å². The molecule has 0 radical (unpaired) electrons. The summed E-state index contributed by atoms with van der Waals surface area (Å²) >= 11 is 0. The highest BCUT2D eigenvalue weighted by atomic mass is 14.9. The zero-order chi connectivity index (χ0) is 14.9. The van der Waals surface area contributed by atoms with Crippen LogP contribution in [0.3, 0.4) is 0 Å². The van der Waals surface area contributed by atoms with Crippen LogP contribution in [0.2, 0.25) is 0 Å². The molecule has 2 heteroatoms. The molecular weight excluding hydrogens is 256 g/mol. The normalized spacial score (nSPS) is 31.1. The number of hydrogen-bond donors (Lipinski definition) is 1. The lowest BCUT2D eigenvalue weighted by atomic mass is 9.63. The van der Waals surface area contributed by atoms with Crippen LogP contribution in [0.1, 0.15) is 63.6 Å². The van der Waals surface area contributed by atoms with E-state index in [4.69, 9.17) is 4.98 Å². The summed E-state index contributed by atoms with van der Waals surface area (Å²) in [4.78, 5) is 4.76. The van der Waals surface area contributed by atoms with Crippen molar-refractivity contribution in [3.63, 3.8) is 0 Å². The highest BCUT2D eigenvalue weighted by molar-refractivity contribution is 5.29. The monoisotopic (exact) mass is 286 g/mol. The first-order valence-corrected chi connectivity index (χ1v) is 8.75. The minimum absolute atomic E-state index is 0.505. The lowest BCUT2D eigenvalue weighted by molar-refractivity contribution is 0.0955. The van der Waals surface area contributed by atoms with Crippen molar-refractivity contribution in [2.24, 2.45) is 17.3 Å². The van der Waals surface area contributed by atoms with Gasteiger partial charge in [-0.1, -0.05) is 26.8 Å². The van der Waals surface area contributed by atoms with Crippen molar-refractivity contribution in [2.45, 2.75) is 58.8 Å². The zero-order valence-corrected chi connectivity index (χ0v) is 13.9. The van der Waals surface area contributed by atoms with E-state index in [0.29, 0.717) is 11.3 Å². The van der Waals surface area contributed by atoms with E-state index in [2.05, 4.69) is 38.2 Å². The summed E-state index contributed by atoms with van der Waals surface area (Å²) in [6.07, 6.45) is 8.66. The standard InChI is InChI=1S/C19H30N2/c1-4-20-13-15-9-10-19(2,3)12-17(15)16-8-7-14-6-5-11-21-18(14)16/h5-6,11,15-17,20H,4,7-10,12-13H2,1-3H3. The van der Waals surface area contributed by atoms with Crippen molar-refractivity contribution < 1.29 is 0 Å². The van der Waals surface area contributed by atoms with Crippen LogP contribution >= 0.6 is 0 Å².